The first kappa shape index (κ1) is 14.0. The normalized spacial score (nSPS) is 10.9. The van der Waals surface area contributed by atoms with Crippen molar-refractivity contribution in [2.45, 2.75) is 26.2 Å². The summed E-state index contributed by atoms with van der Waals surface area (Å²) in [7, 11) is 1.50. The number of amides is 1. The van der Waals surface area contributed by atoms with Gasteiger partial charge < -0.3 is 5.32 Å². The van der Waals surface area contributed by atoms with Crippen LogP contribution in [-0.2, 0) is 4.84 Å². The average Bonchev–Trinajstić information content (AvgIpc) is 2.25. The van der Waals surface area contributed by atoms with Gasteiger partial charge in [0.2, 0.25) is 0 Å². The van der Waals surface area contributed by atoms with Crippen LogP contribution in [0.4, 0.5) is 4.79 Å². The summed E-state index contributed by atoms with van der Waals surface area (Å²) in [5.41, 5.74) is 0. The third-order valence-corrected chi connectivity index (χ3v) is 2.54. The second kappa shape index (κ2) is 9.58. The molecule has 0 aliphatic rings. The molecule has 0 aliphatic heterocycles. The van der Waals surface area contributed by atoms with E-state index in [-0.39, 0.29) is 0 Å². The van der Waals surface area contributed by atoms with E-state index in [4.69, 9.17) is 0 Å². The van der Waals surface area contributed by atoms with Crippen molar-refractivity contribution < 1.29 is 9.63 Å². The predicted molar refractivity (Wildman–Crippen MR) is 65.2 cm³/mol. The zero-order chi connectivity index (χ0) is 11.5. The summed E-state index contributed by atoms with van der Waals surface area (Å²) >= 11 is 1.60. The van der Waals surface area contributed by atoms with Gasteiger partial charge in [-0.3, -0.25) is 4.84 Å². The fraction of sp³-hybridized carbons (Fsp3) is 0.600. The van der Waals surface area contributed by atoms with Gasteiger partial charge in [-0.2, -0.15) is 0 Å². The summed E-state index contributed by atoms with van der Waals surface area (Å²) in [6, 6.07) is 0. The Labute approximate surface area is 95.1 Å². The zero-order valence-electron chi connectivity index (χ0n) is 9.28. The van der Waals surface area contributed by atoms with E-state index in [2.05, 4.69) is 28.8 Å². The van der Waals surface area contributed by atoms with Crippen LogP contribution in [0.5, 0.6) is 0 Å². The lowest BCUT2D eigenvalue weighted by molar-refractivity contribution is 0.153. The Hall–Kier alpha value is -0.970. The molecule has 4 nitrogen and oxygen atoms in total. The molecule has 0 aromatic heterocycles. The smallest absolute Gasteiger partial charge is 0.323 e. The largest absolute Gasteiger partial charge is 0.433 e. The first-order chi connectivity index (χ1) is 7.24. The van der Waals surface area contributed by atoms with Crippen LogP contribution in [0.3, 0.4) is 0 Å². The summed E-state index contributed by atoms with van der Waals surface area (Å²) in [6.45, 7) is 5.70. The van der Waals surface area contributed by atoms with Crippen LogP contribution in [0.2, 0.25) is 0 Å². The molecule has 5 heteroatoms. The first-order valence-electron chi connectivity index (χ1n) is 4.93. The molecule has 0 saturated heterocycles. The number of hydrogen-bond acceptors (Lipinski definition) is 4. The minimum absolute atomic E-state index is 0.534. The van der Waals surface area contributed by atoms with Crippen LogP contribution in [0.25, 0.3) is 0 Å². The number of oxime groups is 1. The molecular weight excluding hydrogens is 212 g/mol. The SMILES string of the molecule is C=CCCSC(CCC)=NOC(=O)NC. The Bertz CT molecular complexity index is 229. The number of allylic oxidation sites excluding steroid dienone is 1. The topological polar surface area (TPSA) is 50.7 Å². The molecule has 1 N–H and O–H groups in total. The number of carbonyl (C=O) groups excluding carboxylic acids is 1. The molecule has 0 radical (unpaired) electrons. The van der Waals surface area contributed by atoms with Gasteiger partial charge in [0.05, 0.1) is 0 Å². The second-order valence-corrected chi connectivity index (χ2v) is 3.96. The average molecular weight is 230 g/mol. The van der Waals surface area contributed by atoms with Crippen molar-refractivity contribution >= 4 is 22.9 Å². The highest BCUT2D eigenvalue weighted by atomic mass is 32.2. The Morgan fingerprint density at radius 2 is 2.40 bits per heavy atom. The standard InChI is InChI=1S/C10H18N2O2S/c1-4-6-8-15-9(7-5-2)12-14-10(13)11-3/h4H,1,5-8H2,2-3H3,(H,11,13). The van der Waals surface area contributed by atoms with Crippen molar-refractivity contribution in [1.29, 1.82) is 0 Å². The highest BCUT2D eigenvalue weighted by Crippen LogP contribution is 2.11. The number of carbonyl (C=O) groups is 1. The summed E-state index contributed by atoms with van der Waals surface area (Å²) in [5, 5.41) is 6.98. The lowest BCUT2D eigenvalue weighted by atomic mass is 10.4. The van der Waals surface area contributed by atoms with E-state index in [1.807, 2.05) is 6.08 Å². The number of thioether (sulfide) groups is 1. The second-order valence-electron chi connectivity index (χ2n) is 2.79. The van der Waals surface area contributed by atoms with E-state index in [0.29, 0.717) is 0 Å². The molecule has 0 aromatic carbocycles. The van der Waals surface area contributed by atoms with Crippen molar-refractivity contribution in [3.05, 3.63) is 12.7 Å². The van der Waals surface area contributed by atoms with E-state index in [0.717, 1.165) is 30.1 Å². The van der Waals surface area contributed by atoms with Crippen LogP contribution in [0.15, 0.2) is 17.8 Å². The number of rotatable bonds is 6. The number of nitrogens with zero attached hydrogens (tertiary/aromatic N) is 1. The van der Waals surface area contributed by atoms with Crippen molar-refractivity contribution in [3.8, 4) is 0 Å². The number of nitrogens with one attached hydrogen (secondary N) is 1. The molecule has 0 atom stereocenters. The molecule has 0 unspecified atom stereocenters. The van der Waals surface area contributed by atoms with Gasteiger partial charge >= 0.3 is 6.09 Å². The highest BCUT2D eigenvalue weighted by Gasteiger charge is 2.02. The lowest BCUT2D eigenvalue weighted by Gasteiger charge is -2.02. The van der Waals surface area contributed by atoms with Crippen LogP contribution < -0.4 is 5.32 Å². The zero-order valence-corrected chi connectivity index (χ0v) is 10.1. The van der Waals surface area contributed by atoms with Crippen molar-refractivity contribution in [3.63, 3.8) is 0 Å². The van der Waals surface area contributed by atoms with E-state index < -0.39 is 6.09 Å². The fourth-order valence-electron chi connectivity index (χ4n) is 0.756. The molecule has 0 heterocycles. The van der Waals surface area contributed by atoms with Gasteiger partial charge in [-0.05, 0) is 19.3 Å². The highest BCUT2D eigenvalue weighted by molar-refractivity contribution is 8.13. The lowest BCUT2D eigenvalue weighted by Crippen LogP contribution is -2.17. The molecule has 0 aliphatic carbocycles. The third-order valence-electron chi connectivity index (χ3n) is 1.49. The summed E-state index contributed by atoms with van der Waals surface area (Å²) < 4.78 is 0. The molecule has 0 bridgehead atoms. The minimum Gasteiger partial charge on any atom is -0.323 e. The minimum atomic E-state index is -0.534. The van der Waals surface area contributed by atoms with Gasteiger partial charge in [0.15, 0.2) is 0 Å². The third kappa shape index (κ3) is 8.05. The van der Waals surface area contributed by atoms with Crippen LogP contribution in [-0.4, -0.2) is 23.9 Å². The Morgan fingerprint density at radius 3 is 2.93 bits per heavy atom. The summed E-state index contributed by atoms with van der Waals surface area (Å²) in [5.74, 6) is 0.916. The van der Waals surface area contributed by atoms with Gasteiger partial charge in [0, 0.05) is 12.8 Å². The first-order valence-corrected chi connectivity index (χ1v) is 5.92. The van der Waals surface area contributed by atoms with Crippen molar-refractivity contribution in [2.75, 3.05) is 12.8 Å². The van der Waals surface area contributed by atoms with Gasteiger partial charge in [-0.15, -0.1) is 18.3 Å². The van der Waals surface area contributed by atoms with Gasteiger partial charge in [0.1, 0.15) is 5.04 Å². The fourth-order valence-corrected chi connectivity index (χ4v) is 1.71. The molecular formula is C10H18N2O2S. The molecule has 1 amide bonds. The maximum atomic E-state index is 10.8. The number of hydrogen-bond donors (Lipinski definition) is 1. The summed E-state index contributed by atoms with van der Waals surface area (Å²) in [4.78, 5) is 15.4. The van der Waals surface area contributed by atoms with Crippen LogP contribution in [0.1, 0.15) is 26.2 Å². The molecule has 0 rings (SSSR count). The van der Waals surface area contributed by atoms with Crippen LogP contribution in [0, 0.1) is 0 Å². The molecule has 0 aromatic rings. The van der Waals surface area contributed by atoms with Crippen molar-refractivity contribution in [2.24, 2.45) is 5.16 Å². The Kier molecular flexibility index (Phi) is 8.96. The van der Waals surface area contributed by atoms with Gasteiger partial charge in [0.25, 0.3) is 0 Å². The molecule has 0 fully saturated rings. The quantitative estimate of drug-likeness (QED) is 0.191. The molecule has 0 saturated carbocycles. The maximum absolute atomic E-state index is 10.8. The van der Waals surface area contributed by atoms with E-state index >= 15 is 0 Å². The van der Waals surface area contributed by atoms with Gasteiger partial charge in [-0.1, -0.05) is 18.2 Å². The predicted octanol–water partition coefficient (Wildman–Crippen LogP) is 2.77. The molecule has 0 spiro atoms. The van der Waals surface area contributed by atoms with Gasteiger partial charge in [-0.25, -0.2) is 4.79 Å². The summed E-state index contributed by atoms with van der Waals surface area (Å²) in [6.07, 6.45) is 4.06. The van der Waals surface area contributed by atoms with Crippen molar-refractivity contribution in [1.82, 2.24) is 5.32 Å². The Balaban J connectivity index is 3.99. The van der Waals surface area contributed by atoms with E-state index in [9.17, 15) is 4.79 Å². The molecule has 86 valence electrons. The Morgan fingerprint density at radius 1 is 1.67 bits per heavy atom. The van der Waals surface area contributed by atoms with Crippen LogP contribution >= 0.6 is 11.8 Å². The van der Waals surface area contributed by atoms with E-state index in [1.165, 1.54) is 7.05 Å². The van der Waals surface area contributed by atoms with E-state index in [1.54, 1.807) is 11.8 Å². The monoisotopic (exact) mass is 230 g/mol. The molecule has 15 heavy (non-hydrogen) atoms. The maximum Gasteiger partial charge on any atom is 0.433 e.